The minimum Gasteiger partial charge on any atom is -0.505 e. The molecule has 0 radical (unpaired) electrons. The smallest absolute Gasteiger partial charge is 0.294 e. The minimum atomic E-state index is -0.709. The molecule has 6 nitrogen and oxygen atoms in total. The topological polar surface area (TPSA) is 75.4 Å². The van der Waals surface area contributed by atoms with Crippen LogP contribution in [0.15, 0.2) is 42.1 Å². The number of aromatic nitrogens is 2. The van der Waals surface area contributed by atoms with Crippen molar-refractivity contribution >= 4 is 17.4 Å². The highest BCUT2D eigenvalue weighted by molar-refractivity contribution is 6.46. The van der Waals surface area contributed by atoms with E-state index in [0.717, 1.165) is 5.56 Å². The highest BCUT2D eigenvalue weighted by Gasteiger charge is 2.35. The summed E-state index contributed by atoms with van der Waals surface area (Å²) < 4.78 is 14.4. The number of Topliss-reactive ketones (excluding diaryl/α,β-unsaturated/α-hetero) is 1. The van der Waals surface area contributed by atoms with Crippen molar-refractivity contribution in [3.63, 3.8) is 0 Å². The molecule has 1 aliphatic heterocycles. The van der Waals surface area contributed by atoms with Crippen LogP contribution in [0.3, 0.4) is 0 Å². The summed E-state index contributed by atoms with van der Waals surface area (Å²) in [7, 11) is 1.50. The maximum absolute atomic E-state index is 12.9. The number of aliphatic hydroxyl groups is 1. The van der Waals surface area contributed by atoms with Crippen LogP contribution in [0.1, 0.15) is 11.3 Å². The number of hydrogen-bond acceptors (Lipinski definition) is 4. The lowest BCUT2D eigenvalue weighted by molar-refractivity contribution is -0.138. The Kier molecular flexibility index (Phi) is 3.69. The second-order valence-electron chi connectivity index (χ2n) is 5.32. The summed E-state index contributed by atoms with van der Waals surface area (Å²) in [4.78, 5) is 24.7. The van der Waals surface area contributed by atoms with Crippen molar-refractivity contribution < 1.29 is 19.1 Å². The lowest BCUT2D eigenvalue weighted by Gasteiger charge is -2.09. The van der Waals surface area contributed by atoms with Crippen molar-refractivity contribution in [2.45, 2.75) is 6.54 Å². The van der Waals surface area contributed by atoms with E-state index in [1.807, 2.05) is 0 Å². The summed E-state index contributed by atoms with van der Waals surface area (Å²) in [5, 5.41) is 14.5. The van der Waals surface area contributed by atoms with Crippen LogP contribution in [0.25, 0.3) is 5.76 Å². The fraction of sp³-hybridized carbons (Fsp3) is 0.188. The van der Waals surface area contributed by atoms with E-state index in [1.165, 1.54) is 35.0 Å². The fourth-order valence-corrected chi connectivity index (χ4v) is 2.44. The molecule has 1 aromatic heterocycles. The van der Waals surface area contributed by atoms with E-state index in [2.05, 4.69) is 5.10 Å². The second-order valence-corrected chi connectivity index (χ2v) is 5.32. The number of ketones is 1. The van der Waals surface area contributed by atoms with Gasteiger partial charge in [0.1, 0.15) is 17.3 Å². The van der Waals surface area contributed by atoms with Gasteiger partial charge in [-0.05, 0) is 23.8 Å². The molecule has 0 bridgehead atoms. The summed E-state index contributed by atoms with van der Waals surface area (Å²) in [6, 6.07) is 7.46. The zero-order valence-corrected chi connectivity index (χ0v) is 12.4. The molecule has 0 atom stereocenters. The Morgan fingerprint density at radius 3 is 2.57 bits per heavy atom. The largest absolute Gasteiger partial charge is 0.505 e. The number of carbonyl (C=O) groups is 2. The summed E-state index contributed by atoms with van der Waals surface area (Å²) in [6.07, 6.45) is 1.49. The molecule has 2 aromatic rings. The van der Waals surface area contributed by atoms with Crippen LogP contribution < -0.4 is 0 Å². The van der Waals surface area contributed by atoms with E-state index in [-0.39, 0.29) is 23.7 Å². The third kappa shape index (κ3) is 2.73. The maximum Gasteiger partial charge on any atom is 0.294 e. The molecule has 1 aromatic carbocycles. The number of benzene rings is 1. The molecule has 1 N–H and O–H groups in total. The monoisotopic (exact) mass is 315 g/mol. The number of likely N-dealkylation sites (tertiary alicyclic amines) is 1. The zero-order valence-electron chi connectivity index (χ0n) is 12.4. The average molecular weight is 315 g/mol. The van der Waals surface area contributed by atoms with Gasteiger partial charge in [0, 0.05) is 13.2 Å². The third-order valence-electron chi connectivity index (χ3n) is 3.70. The Labute approximate surface area is 131 Å². The first kappa shape index (κ1) is 15.0. The summed E-state index contributed by atoms with van der Waals surface area (Å²) in [5.74, 6) is -1.94. The van der Waals surface area contributed by atoms with E-state index in [9.17, 15) is 19.1 Å². The average Bonchev–Trinajstić information content (AvgIpc) is 3.09. The predicted molar refractivity (Wildman–Crippen MR) is 79.9 cm³/mol. The minimum absolute atomic E-state index is 0.0540. The van der Waals surface area contributed by atoms with Gasteiger partial charge in [-0.1, -0.05) is 12.1 Å². The van der Waals surface area contributed by atoms with Crippen LogP contribution in [-0.2, 0) is 16.1 Å². The number of halogens is 1. The molecular formula is C16H14FN3O3. The quantitative estimate of drug-likeness (QED) is 0.527. The maximum atomic E-state index is 12.9. The van der Waals surface area contributed by atoms with Gasteiger partial charge < -0.3 is 10.0 Å². The van der Waals surface area contributed by atoms with E-state index in [4.69, 9.17) is 0 Å². The van der Waals surface area contributed by atoms with Gasteiger partial charge in [0.15, 0.2) is 0 Å². The number of amides is 1. The fourth-order valence-electron chi connectivity index (χ4n) is 2.44. The molecule has 1 amide bonds. The molecule has 1 fully saturated rings. The Morgan fingerprint density at radius 2 is 1.96 bits per heavy atom. The van der Waals surface area contributed by atoms with Crippen molar-refractivity contribution in [2.24, 2.45) is 0 Å². The Morgan fingerprint density at radius 1 is 1.26 bits per heavy atom. The van der Waals surface area contributed by atoms with Crippen LogP contribution in [0.4, 0.5) is 4.39 Å². The van der Waals surface area contributed by atoms with Crippen molar-refractivity contribution in [3.8, 4) is 0 Å². The van der Waals surface area contributed by atoms with Gasteiger partial charge in [-0.25, -0.2) is 4.39 Å². The predicted octanol–water partition coefficient (Wildman–Crippen LogP) is 1.38. The lowest BCUT2D eigenvalue weighted by Crippen LogP contribution is -2.22. The normalized spacial score (nSPS) is 17.0. The van der Waals surface area contributed by atoms with Crippen LogP contribution >= 0.6 is 0 Å². The summed E-state index contributed by atoms with van der Waals surface area (Å²) >= 11 is 0. The van der Waals surface area contributed by atoms with Crippen molar-refractivity contribution in [1.82, 2.24) is 14.7 Å². The molecule has 118 valence electrons. The number of carbonyl (C=O) groups excluding carboxylic acids is 2. The van der Waals surface area contributed by atoms with Crippen molar-refractivity contribution in [2.75, 3.05) is 13.6 Å². The first-order valence-corrected chi connectivity index (χ1v) is 6.96. The van der Waals surface area contributed by atoms with Crippen molar-refractivity contribution in [1.29, 1.82) is 0 Å². The molecule has 23 heavy (non-hydrogen) atoms. The number of aliphatic hydroxyl groups excluding tert-OH is 1. The first-order chi connectivity index (χ1) is 11.0. The molecule has 3 rings (SSSR count). The van der Waals surface area contributed by atoms with Gasteiger partial charge in [0.05, 0.1) is 18.7 Å². The molecular weight excluding hydrogens is 301 g/mol. The number of likely N-dealkylation sites (N-methyl/N-ethyl adjacent to an activating group) is 1. The lowest BCUT2D eigenvalue weighted by atomic mass is 10.1. The van der Waals surface area contributed by atoms with Crippen LogP contribution in [0.2, 0.25) is 0 Å². The Hall–Kier alpha value is -2.96. The van der Waals surface area contributed by atoms with E-state index in [0.29, 0.717) is 12.2 Å². The standard InChI is InChI=1S/C16H14FN3O3/c1-19-9-12(15(22)16(19)23)14(21)13-6-7-18-20(13)8-10-2-4-11(17)5-3-10/h2-7,21H,8-9H2,1H3/b14-12-. The second kappa shape index (κ2) is 5.68. The van der Waals surface area contributed by atoms with E-state index in [1.54, 1.807) is 18.2 Å². The summed E-state index contributed by atoms with van der Waals surface area (Å²) in [5.41, 5.74) is 1.18. The number of hydrogen-bond donors (Lipinski definition) is 1. The van der Waals surface area contributed by atoms with Gasteiger partial charge in [-0.2, -0.15) is 5.10 Å². The summed E-state index contributed by atoms with van der Waals surface area (Å²) in [6.45, 7) is 0.364. The van der Waals surface area contributed by atoms with Gasteiger partial charge in [0.2, 0.25) is 0 Å². The third-order valence-corrected chi connectivity index (χ3v) is 3.70. The molecule has 0 aliphatic carbocycles. The number of rotatable bonds is 3. The van der Waals surface area contributed by atoms with Gasteiger partial charge in [-0.15, -0.1) is 0 Å². The van der Waals surface area contributed by atoms with Gasteiger partial charge in [0.25, 0.3) is 11.7 Å². The Bertz CT molecular complexity index is 808. The highest BCUT2D eigenvalue weighted by Crippen LogP contribution is 2.22. The number of nitrogens with zero attached hydrogens (tertiary/aromatic N) is 3. The van der Waals surface area contributed by atoms with E-state index >= 15 is 0 Å². The van der Waals surface area contributed by atoms with Crippen LogP contribution in [0.5, 0.6) is 0 Å². The van der Waals surface area contributed by atoms with Gasteiger partial charge >= 0.3 is 0 Å². The molecule has 7 heteroatoms. The Balaban J connectivity index is 1.93. The van der Waals surface area contributed by atoms with E-state index < -0.39 is 11.7 Å². The van der Waals surface area contributed by atoms with Crippen LogP contribution in [0, 0.1) is 5.82 Å². The van der Waals surface area contributed by atoms with Crippen LogP contribution in [-0.4, -0.2) is 45.1 Å². The zero-order chi connectivity index (χ0) is 16.6. The van der Waals surface area contributed by atoms with Crippen molar-refractivity contribution in [3.05, 3.63) is 59.2 Å². The molecule has 0 unspecified atom stereocenters. The molecule has 1 saturated heterocycles. The SMILES string of the molecule is CN1C/C(=C(/O)c2ccnn2Cc2ccc(F)cc2)C(=O)C1=O. The van der Waals surface area contributed by atoms with Gasteiger partial charge in [-0.3, -0.25) is 14.3 Å². The first-order valence-electron chi connectivity index (χ1n) is 6.96. The molecule has 0 spiro atoms. The molecule has 0 saturated carbocycles. The molecule has 1 aliphatic rings. The highest BCUT2D eigenvalue weighted by atomic mass is 19.1. The molecule has 2 heterocycles.